The van der Waals surface area contributed by atoms with Crippen LogP contribution in [-0.2, 0) is 6.42 Å². The van der Waals surface area contributed by atoms with Gasteiger partial charge in [0.05, 0.1) is 0 Å². The normalized spacial score (nSPS) is 12.2. The number of carbonyl (C=O) groups is 1. The maximum atomic E-state index is 12.1. The van der Waals surface area contributed by atoms with Gasteiger partial charge in [0.2, 0.25) is 0 Å². The van der Waals surface area contributed by atoms with E-state index in [1.54, 1.807) is 0 Å². The molecular weight excluding hydrogens is 260 g/mol. The molecule has 3 rings (SSSR count). The number of H-pyrrole nitrogens is 1. The van der Waals surface area contributed by atoms with E-state index >= 15 is 0 Å². The second-order valence-electron chi connectivity index (χ2n) is 5.30. The van der Waals surface area contributed by atoms with Crippen molar-refractivity contribution in [1.29, 1.82) is 0 Å². The summed E-state index contributed by atoms with van der Waals surface area (Å²) in [6, 6.07) is 17.6. The zero-order valence-electron chi connectivity index (χ0n) is 12.0. The van der Waals surface area contributed by atoms with E-state index < -0.39 is 0 Å². The third-order valence-corrected chi connectivity index (χ3v) is 3.61. The van der Waals surface area contributed by atoms with Crippen molar-refractivity contribution >= 4 is 16.8 Å². The number of fused-ring (bicyclic) bond motifs is 1. The topological polar surface area (TPSA) is 44.9 Å². The third kappa shape index (κ3) is 2.97. The summed E-state index contributed by atoms with van der Waals surface area (Å²) in [7, 11) is 0. The van der Waals surface area contributed by atoms with Gasteiger partial charge in [0.15, 0.2) is 0 Å². The highest BCUT2D eigenvalue weighted by Crippen LogP contribution is 2.19. The zero-order valence-corrected chi connectivity index (χ0v) is 12.0. The number of aromatic amines is 1. The van der Waals surface area contributed by atoms with Crippen molar-refractivity contribution in [2.75, 3.05) is 0 Å². The fraction of sp³-hybridized carbons (Fsp3) is 0.167. The minimum atomic E-state index is -0.0251. The standard InChI is InChI=1S/C18H18N2O/c1-13(20-18(21)14-7-3-2-4-8-14)11-15-12-19-17-10-6-5-9-16(15)17/h2-10,12-13,19H,11H2,1H3,(H,20,21). The van der Waals surface area contributed by atoms with Gasteiger partial charge >= 0.3 is 0 Å². The van der Waals surface area contributed by atoms with Crippen molar-refractivity contribution in [3.05, 3.63) is 71.9 Å². The van der Waals surface area contributed by atoms with Crippen LogP contribution in [0.15, 0.2) is 60.8 Å². The lowest BCUT2D eigenvalue weighted by Gasteiger charge is -2.13. The molecule has 0 saturated heterocycles. The van der Waals surface area contributed by atoms with E-state index in [1.807, 2.05) is 55.6 Å². The zero-order chi connectivity index (χ0) is 14.7. The van der Waals surface area contributed by atoms with Crippen LogP contribution in [0.3, 0.4) is 0 Å². The summed E-state index contributed by atoms with van der Waals surface area (Å²) in [5.74, 6) is -0.0251. The van der Waals surface area contributed by atoms with Gasteiger partial charge in [0.1, 0.15) is 0 Å². The number of carbonyl (C=O) groups excluding carboxylic acids is 1. The molecule has 0 saturated carbocycles. The molecule has 0 aliphatic heterocycles. The largest absolute Gasteiger partial charge is 0.361 e. The molecule has 0 spiro atoms. The van der Waals surface area contributed by atoms with E-state index in [-0.39, 0.29) is 11.9 Å². The van der Waals surface area contributed by atoms with Crippen molar-refractivity contribution < 1.29 is 4.79 Å². The van der Waals surface area contributed by atoms with Crippen molar-refractivity contribution in [3.63, 3.8) is 0 Å². The molecule has 21 heavy (non-hydrogen) atoms. The fourth-order valence-corrected chi connectivity index (χ4v) is 2.58. The van der Waals surface area contributed by atoms with E-state index in [0.29, 0.717) is 5.56 Å². The highest BCUT2D eigenvalue weighted by Gasteiger charge is 2.12. The minimum Gasteiger partial charge on any atom is -0.361 e. The first-order valence-corrected chi connectivity index (χ1v) is 7.15. The number of aromatic nitrogens is 1. The maximum absolute atomic E-state index is 12.1. The quantitative estimate of drug-likeness (QED) is 0.753. The summed E-state index contributed by atoms with van der Waals surface area (Å²) >= 11 is 0. The summed E-state index contributed by atoms with van der Waals surface area (Å²) in [5.41, 5.74) is 3.06. The highest BCUT2D eigenvalue weighted by molar-refractivity contribution is 5.94. The molecule has 3 aromatic rings. The predicted octanol–water partition coefficient (Wildman–Crippen LogP) is 3.53. The number of hydrogen-bond acceptors (Lipinski definition) is 1. The van der Waals surface area contributed by atoms with Crippen molar-refractivity contribution in [1.82, 2.24) is 10.3 Å². The lowest BCUT2D eigenvalue weighted by molar-refractivity contribution is 0.0940. The van der Waals surface area contributed by atoms with Crippen LogP contribution < -0.4 is 5.32 Å². The van der Waals surface area contributed by atoms with Crippen LogP contribution in [0.1, 0.15) is 22.8 Å². The van der Waals surface area contributed by atoms with Crippen LogP contribution in [0.2, 0.25) is 0 Å². The third-order valence-electron chi connectivity index (χ3n) is 3.61. The van der Waals surface area contributed by atoms with Gasteiger partial charge in [-0.2, -0.15) is 0 Å². The highest BCUT2D eigenvalue weighted by atomic mass is 16.1. The van der Waals surface area contributed by atoms with E-state index in [1.165, 1.54) is 10.9 Å². The Balaban J connectivity index is 1.69. The van der Waals surface area contributed by atoms with Gasteiger partial charge in [-0.1, -0.05) is 36.4 Å². The molecule has 1 atom stereocenters. The molecule has 0 aliphatic carbocycles. The molecule has 0 fully saturated rings. The van der Waals surface area contributed by atoms with Crippen LogP contribution in [0.4, 0.5) is 0 Å². The van der Waals surface area contributed by atoms with Crippen LogP contribution in [0.25, 0.3) is 10.9 Å². The number of hydrogen-bond donors (Lipinski definition) is 2. The maximum Gasteiger partial charge on any atom is 0.251 e. The second kappa shape index (κ2) is 5.83. The molecule has 1 unspecified atom stereocenters. The Labute approximate surface area is 124 Å². The second-order valence-corrected chi connectivity index (χ2v) is 5.30. The van der Waals surface area contributed by atoms with Crippen LogP contribution in [-0.4, -0.2) is 16.9 Å². The molecule has 0 radical (unpaired) electrons. The summed E-state index contributed by atoms with van der Waals surface area (Å²) in [4.78, 5) is 15.4. The number of para-hydroxylation sites is 1. The molecule has 3 heteroatoms. The average molecular weight is 278 g/mol. The molecule has 3 nitrogen and oxygen atoms in total. The fourth-order valence-electron chi connectivity index (χ4n) is 2.58. The average Bonchev–Trinajstić information content (AvgIpc) is 2.91. The van der Waals surface area contributed by atoms with E-state index in [0.717, 1.165) is 11.9 Å². The number of amides is 1. The van der Waals surface area contributed by atoms with Crippen molar-refractivity contribution in [3.8, 4) is 0 Å². The molecule has 106 valence electrons. The Hall–Kier alpha value is -2.55. The van der Waals surface area contributed by atoms with Crippen molar-refractivity contribution in [2.45, 2.75) is 19.4 Å². The molecule has 0 aliphatic rings. The Morgan fingerprint density at radius 3 is 2.62 bits per heavy atom. The molecule has 1 aromatic heterocycles. The van der Waals surface area contributed by atoms with E-state index in [4.69, 9.17) is 0 Å². The Kier molecular flexibility index (Phi) is 3.73. The van der Waals surface area contributed by atoms with Crippen LogP contribution >= 0.6 is 0 Å². The summed E-state index contributed by atoms with van der Waals surface area (Å²) in [5, 5.41) is 4.27. The lowest BCUT2D eigenvalue weighted by Crippen LogP contribution is -2.33. The number of rotatable bonds is 4. The summed E-state index contributed by atoms with van der Waals surface area (Å²) in [6.07, 6.45) is 2.83. The molecule has 1 amide bonds. The first-order chi connectivity index (χ1) is 10.2. The molecule has 2 aromatic carbocycles. The smallest absolute Gasteiger partial charge is 0.251 e. The van der Waals surface area contributed by atoms with E-state index in [9.17, 15) is 4.79 Å². The minimum absolute atomic E-state index is 0.0251. The first kappa shape index (κ1) is 13.4. The number of nitrogens with one attached hydrogen (secondary N) is 2. The Morgan fingerprint density at radius 2 is 1.81 bits per heavy atom. The van der Waals surface area contributed by atoms with Crippen LogP contribution in [0.5, 0.6) is 0 Å². The first-order valence-electron chi connectivity index (χ1n) is 7.15. The SMILES string of the molecule is CC(Cc1c[nH]c2ccccc12)NC(=O)c1ccccc1. The Morgan fingerprint density at radius 1 is 1.10 bits per heavy atom. The van der Waals surface area contributed by atoms with Gasteiger partial charge in [-0.25, -0.2) is 0 Å². The Bertz CT molecular complexity index is 746. The monoisotopic (exact) mass is 278 g/mol. The predicted molar refractivity (Wildman–Crippen MR) is 85.4 cm³/mol. The van der Waals surface area contributed by atoms with Gasteiger partial charge in [-0.15, -0.1) is 0 Å². The van der Waals surface area contributed by atoms with Crippen LogP contribution in [0, 0.1) is 0 Å². The van der Waals surface area contributed by atoms with E-state index in [2.05, 4.69) is 22.4 Å². The summed E-state index contributed by atoms with van der Waals surface area (Å²) in [6.45, 7) is 2.03. The lowest BCUT2D eigenvalue weighted by atomic mass is 10.1. The molecule has 1 heterocycles. The van der Waals surface area contributed by atoms with Gasteiger partial charge in [-0.05, 0) is 37.1 Å². The van der Waals surface area contributed by atoms with Gasteiger partial charge in [0.25, 0.3) is 5.91 Å². The molecule has 0 bridgehead atoms. The summed E-state index contributed by atoms with van der Waals surface area (Å²) < 4.78 is 0. The molecular formula is C18H18N2O. The van der Waals surface area contributed by atoms with Gasteiger partial charge < -0.3 is 10.3 Å². The van der Waals surface area contributed by atoms with Gasteiger partial charge in [0, 0.05) is 28.7 Å². The van der Waals surface area contributed by atoms with Crippen molar-refractivity contribution in [2.24, 2.45) is 0 Å². The molecule has 2 N–H and O–H groups in total. The van der Waals surface area contributed by atoms with Gasteiger partial charge in [-0.3, -0.25) is 4.79 Å². The number of benzene rings is 2.